The van der Waals surface area contributed by atoms with Crippen LogP contribution in [0, 0.1) is 5.92 Å². The first-order chi connectivity index (χ1) is 15.4. The number of nitrogens with two attached hydrogens (primary N) is 2. The molecule has 1 heterocycles. The summed E-state index contributed by atoms with van der Waals surface area (Å²) in [6, 6.07) is 16.9. The van der Waals surface area contributed by atoms with Crippen LogP contribution in [0.25, 0.3) is 0 Å². The van der Waals surface area contributed by atoms with Gasteiger partial charge in [-0.2, -0.15) is 0 Å². The first-order valence-electron chi connectivity index (χ1n) is 10.9. The fraction of sp³-hybridized carbons (Fsp3) is 0.417. The Morgan fingerprint density at radius 2 is 1.75 bits per heavy atom. The van der Waals surface area contributed by atoms with Crippen molar-refractivity contribution < 1.29 is 19.1 Å². The number of carbonyl (C=O) groups is 2. The summed E-state index contributed by atoms with van der Waals surface area (Å²) < 4.78 is 10.7. The number of hydrogen-bond acceptors (Lipinski definition) is 6. The minimum Gasteiger partial charge on any atom is -0.445 e. The van der Waals surface area contributed by atoms with E-state index in [4.69, 9.17) is 20.9 Å². The van der Waals surface area contributed by atoms with Crippen molar-refractivity contribution in [3.8, 4) is 0 Å². The van der Waals surface area contributed by atoms with Crippen LogP contribution in [-0.4, -0.2) is 42.8 Å². The normalized spacial score (nSPS) is 16.7. The number of likely N-dealkylation sites (tertiary alicyclic amines) is 1. The van der Waals surface area contributed by atoms with Gasteiger partial charge in [-0.05, 0) is 44.5 Å². The van der Waals surface area contributed by atoms with Crippen LogP contribution >= 0.6 is 0 Å². The summed E-state index contributed by atoms with van der Waals surface area (Å²) in [4.78, 5) is 25.9. The van der Waals surface area contributed by atoms with Gasteiger partial charge in [-0.15, -0.1) is 0 Å². The second-order valence-electron chi connectivity index (χ2n) is 8.23. The van der Waals surface area contributed by atoms with Gasteiger partial charge in [-0.1, -0.05) is 48.5 Å². The van der Waals surface area contributed by atoms with Crippen molar-refractivity contribution in [3.63, 3.8) is 0 Å². The minimum atomic E-state index is -0.799. The predicted octanol–water partition coefficient (Wildman–Crippen LogP) is 3.43. The Labute approximate surface area is 188 Å². The van der Waals surface area contributed by atoms with E-state index in [0.717, 1.165) is 37.1 Å². The molecular formula is C24H32N4O4. The van der Waals surface area contributed by atoms with Crippen LogP contribution in [0.5, 0.6) is 0 Å². The van der Waals surface area contributed by atoms with E-state index in [-0.39, 0.29) is 18.6 Å². The van der Waals surface area contributed by atoms with E-state index < -0.39 is 18.3 Å². The zero-order chi connectivity index (χ0) is 22.9. The molecule has 2 amide bonds. The molecule has 0 aliphatic carbocycles. The number of piperidine rings is 1. The van der Waals surface area contributed by atoms with Gasteiger partial charge in [-0.25, -0.2) is 9.59 Å². The Bertz CT molecular complexity index is 885. The maximum absolute atomic E-state index is 12.1. The van der Waals surface area contributed by atoms with Crippen LogP contribution < -0.4 is 16.8 Å². The lowest BCUT2D eigenvalue weighted by Crippen LogP contribution is -2.45. The summed E-state index contributed by atoms with van der Waals surface area (Å²) in [5.41, 5.74) is 13.8. The quantitative estimate of drug-likeness (QED) is 0.541. The summed E-state index contributed by atoms with van der Waals surface area (Å²) in [7, 11) is 0. The third kappa shape index (κ3) is 6.88. The number of ether oxygens (including phenoxy) is 2. The average molecular weight is 441 g/mol. The van der Waals surface area contributed by atoms with Crippen molar-refractivity contribution in [1.82, 2.24) is 10.2 Å². The molecule has 1 saturated heterocycles. The smallest absolute Gasteiger partial charge is 0.407 e. The van der Waals surface area contributed by atoms with Crippen molar-refractivity contribution in [2.45, 2.75) is 38.5 Å². The van der Waals surface area contributed by atoms with E-state index in [1.165, 1.54) is 0 Å². The Balaban J connectivity index is 1.46. The first-order valence-corrected chi connectivity index (χ1v) is 10.9. The van der Waals surface area contributed by atoms with Crippen LogP contribution in [0.15, 0.2) is 54.6 Å². The number of alkyl carbamates (subject to hydrolysis) is 1. The number of nitrogen functional groups attached to an aromatic ring is 1. The van der Waals surface area contributed by atoms with Gasteiger partial charge >= 0.3 is 12.2 Å². The number of primary amides is 1. The number of nitrogens with one attached hydrogen (secondary N) is 1. The molecule has 172 valence electrons. The van der Waals surface area contributed by atoms with Gasteiger partial charge in [0.15, 0.2) is 0 Å². The zero-order valence-corrected chi connectivity index (χ0v) is 18.4. The summed E-state index contributed by atoms with van der Waals surface area (Å²) in [6.45, 7) is 4.55. The molecule has 32 heavy (non-hydrogen) atoms. The van der Waals surface area contributed by atoms with Crippen molar-refractivity contribution in [1.29, 1.82) is 0 Å². The molecule has 5 N–H and O–H groups in total. The van der Waals surface area contributed by atoms with E-state index in [1.54, 1.807) is 6.07 Å². The molecule has 3 rings (SSSR count). The molecule has 0 saturated carbocycles. The van der Waals surface area contributed by atoms with Crippen LogP contribution in [-0.2, 0) is 16.1 Å². The van der Waals surface area contributed by atoms with Gasteiger partial charge in [0, 0.05) is 29.8 Å². The third-order valence-corrected chi connectivity index (χ3v) is 5.72. The van der Waals surface area contributed by atoms with Crippen molar-refractivity contribution in [3.05, 3.63) is 65.7 Å². The highest BCUT2D eigenvalue weighted by Gasteiger charge is 2.31. The van der Waals surface area contributed by atoms with Crippen LogP contribution in [0.2, 0.25) is 0 Å². The molecule has 8 heteroatoms. The molecule has 1 unspecified atom stereocenters. The molecule has 1 fully saturated rings. The van der Waals surface area contributed by atoms with Crippen molar-refractivity contribution in [2.75, 3.05) is 25.4 Å². The highest BCUT2D eigenvalue weighted by molar-refractivity contribution is 5.67. The number of rotatable bonds is 8. The fourth-order valence-electron chi connectivity index (χ4n) is 4.15. The van der Waals surface area contributed by atoms with E-state index in [0.29, 0.717) is 12.2 Å². The van der Waals surface area contributed by atoms with Crippen LogP contribution in [0.1, 0.15) is 37.0 Å². The van der Waals surface area contributed by atoms with Crippen LogP contribution in [0.4, 0.5) is 15.3 Å². The molecule has 2 aromatic carbocycles. The molecule has 1 aliphatic heterocycles. The number of carbonyl (C=O) groups excluding carboxylic acids is 2. The summed E-state index contributed by atoms with van der Waals surface area (Å²) in [6.07, 6.45) is -0.0212. The Kier molecular flexibility index (Phi) is 8.33. The van der Waals surface area contributed by atoms with E-state index in [1.807, 2.05) is 55.5 Å². The standard InChI is InChI=1S/C24H32N4O4/c1-17(27-24(30)31-16-18-7-3-2-4-8-18)15-28-13-11-19(12-14-28)22(32-23(26)29)20-9-5-6-10-21(20)25/h2-10,17,19,22H,11-16,25H2,1H3,(H2,26,29)(H,27,30)/t17-,22?/m0/s1. The third-order valence-electron chi connectivity index (χ3n) is 5.72. The number of anilines is 1. The van der Waals surface area contributed by atoms with E-state index in [9.17, 15) is 9.59 Å². The molecule has 0 bridgehead atoms. The second kappa shape index (κ2) is 11.4. The largest absolute Gasteiger partial charge is 0.445 e. The number of hydrogen-bond donors (Lipinski definition) is 3. The SMILES string of the molecule is C[C@@H](CN1CCC(C(OC(N)=O)c2ccccc2N)CC1)NC(=O)OCc1ccccc1. The fourth-order valence-corrected chi connectivity index (χ4v) is 4.15. The molecule has 1 aliphatic rings. The number of benzene rings is 2. The first kappa shape index (κ1) is 23.4. The highest BCUT2D eigenvalue weighted by atomic mass is 16.6. The molecule has 0 aromatic heterocycles. The Morgan fingerprint density at radius 3 is 2.41 bits per heavy atom. The molecule has 2 atom stereocenters. The van der Waals surface area contributed by atoms with E-state index in [2.05, 4.69) is 10.2 Å². The average Bonchev–Trinajstić information content (AvgIpc) is 2.78. The number of para-hydroxylation sites is 1. The minimum absolute atomic E-state index is 0.0581. The van der Waals surface area contributed by atoms with Gasteiger partial charge in [0.05, 0.1) is 0 Å². The van der Waals surface area contributed by atoms with Gasteiger partial charge in [0.2, 0.25) is 0 Å². The number of amides is 2. The second-order valence-corrected chi connectivity index (χ2v) is 8.23. The topological polar surface area (TPSA) is 120 Å². The summed E-state index contributed by atoms with van der Waals surface area (Å²) in [5, 5.41) is 2.89. The Hall–Kier alpha value is -3.26. The maximum Gasteiger partial charge on any atom is 0.407 e. The lowest BCUT2D eigenvalue weighted by Gasteiger charge is -2.36. The molecular weight excluding hydrogens is 408 g/mol. The lowest BCUT2D eigenvalue weighted by atomic mass is 9.86. The zero-order valence-electron chi connectivity index (χ0n) is 18.4. The van der Waals surface area contributed by atoms with Gasteiger partial charge in [0.25, 0.3) is 0 Å². The number of nitrogens with zero attached hydrogens (tertiary/aromatic N) is 1. The van der Waals surface area contributed by atoms with Crippen molar-refractivity contribution >= 4 is 17.9 Å². The predicted molar refractivity (Wildman–Crippen MR) is 123 cm³/mol. The van der Waals surface area contributed by atoms with Crippen molar-refractivity contribution in [2.24, 2.45) is 11.7 Å². The van der Waals surface area contributed by atoms with E-state index >= 15 is 0 Å². The summed E-state index contributed by atoms with van der Waals surface area (Å²) >= 11 is 0. The molecule has 0 spiro atoms. The maximum atomic E-state index is 12.1. The molecule has 0 radical (unpaired) electrons. The van der Waals surface area contributed by atoms with Gasteiger partial charge in [0.1, 0.15) is 12.7 Å². The lowest BCUT2D eigenvalue weighted by molar-refractivity contribution is 0.0367. The Morgan fingerprint density at radius 1 is 1.09 bits per heavy atom. The summed E-state index contributed by atoms with van der Waals surface area (Å²) in [5.74, 6) is 0.127. The monoisotopic (exact) mass is 440 g/mol. The van der Waals surface area contributed by atoms with Gasteiger partial charge < -0.3 is 31.2 Å². The molecule has 8 nitrogen and oxygen atoms in total. The molecule has 2 aromatic rings. The highest BCUT2D eigenvalue weighted by Crippen LogP contribution is 2.36. The van der Waals surface area contributed by atoms with Gasteiger partial charge in [-0.3, -0.25) is 0 Å². The van der Waals surface area contributed by atoms with Crippen LogP contribution in [0.3, 0.4) is 0 Å².